The molecule has 0 atom stereocenters. The summed E-state index contributed by atoms with van der Waals surface area (Å²) in [6.45, 7) is 6.51. The first-order valence-electron chi connectivity index (χ1n) is 9.95. The molecule has 0 unspecified atom stereocenters. The maximum absolute atomic E-state index is 12.5. The molecule has 0 spiro atoms. The van der Waals surface area contributed by atoms with Gasteiger partial charge in [-0.1, -0.05) is 56.8 Å². The third-order valence-corrected chi connectivity index (χ3v) is 5.91. The van der Waals surface area contributed by atoms with E-state index in [-0.39, 0.29) is 11.0 Å². The van der Waals surface area contributed by atoms with Gasteiger partial charge in [-0.25, -0.2) is 14.6 Å². The summed E-state index contributed by atoms with van der Waals surface area (Å²) in [7, 11) is 0. The van der Waals surface area contributed by atoms with Gasteiger partial charge >= 0.3 is 0 Å². The molecule has 5 rings (SSSR count). The molecule has 3 aromatic heterocycles. The summed E-state index contributed by atoms with van der Waals surface area (Å²) in [4.78, 5) is 24.6. The molecule has 31 heavy (non-hydrogen) atoms. The van der Waals surface area contributed by atoms with Crippen molar-refractivity contribution in [2.24, 2.45) is 0 Å². The van der Waals surface area contributed by atoms with Gasteiger partial charge in [0, 0.05) is 0 Å². The minimum atomic E-state index is -0.220. The Kier molecular flexibility index (Phi) is 4.66. The Morgan fingerprint density at radius 2 is 1.90 bits per heavy atom. The number of hydrogen-bond acceptors (Lipinski definition) is 6. The van der Waals surface area contributed by atoms with Crippen molar-refractivity contribution < 1.29 is 4.42 Å². The van der Waals surface area contributed by atoms with Gasteiger partial charge in [-0.05, 0) is 35.2 Å². The number of nitrogens with zero attached hydrogens (tertiary/aromatic N) is 4. The van der Waals surface area contributed by atoms with Gasteiger partial charge in [-0.2, -0.15) is 5.10 Å². The second-order valence-corrected chi connectivity index (χ2v) is 9.29. The molecule has 3 heterocycles. The molecule has 0 saturated heterocycles. The Labute approximate surface area is 182 Å². The first-order chi connectivity index (χ1) is 14.9. The predicted octanol–water partition coefficient (Wildman–Crippen LogP) is 4.84. The van der Waals surface area contributed by atoms with E-state index in [0.717, 1.165) is 16.8 Å². The molecular weight excluding hydrogens is 410 g/mol. The molecule has 5 aromatic rings. The van der Waals surface area contributed by atoms with E-state index in [2.05, 4.69) is 53.0 Å². The van der Waals surface area contributed by atoms with Gasteiger partial charge in [0.05, 0.1) is 17.6 Å². The van der Waals surface area contributed by atoms with Crippen LogP contribution in [0.15, 0.2) is 69.1 Å². The number of fused-ring (bicyclic) bond motifs is 2. The van der Waals surface area contributed by atoms with Crippen LogP contribution >= 0.6 is 11.8 Å². The van der Waals surface area contributed by atoms with E-state index in [4.69, 9.17) is 4.42 Å². The highest BCUT2D eigenvalue weighted by atomic mass is 32.2. The lowest BCUT2D eigenvalue weighted by Crippen LogP contribution is -2.10. The van der Waals surface area contributed by atoms with Gasteiger partial charge in [0.25, 0.3) is 5.56 Å². The zero-order valence-corrected chi connectivity index (χ0v) is 18.2. The molecule has 0 aliphatic heterocycles. The Bertz CT molecular complexity index is 1440. The van der Waals surface area contributed by atoms with Gasteiger partial charge < -0.3 is 9.40 Å². The third-order valence-electron chi connectivity index (χ3n) is 5.05. The lowest BCUT2D eigenvalue weighted by Gasteiger charge is -2.18. The third kappa shape index (κ3) is 3.74. The van der Waals surface area contributed by atoms with Crippen LogP contribution in [0.4, 0.5) is 0 Å². The molecule has 0 aliphatic carbocycles. The van der Waals surface area contributed by atoms with Gasteiger partial charge in [0.2, 0.25) is 5.89 Å². The van der Waals surface area contributed by atoms with Crippen LogP contribution in [0, 0.1) is 0 Å². The summed E-state index contributed by atoms with van der Waals surface area (Å²) in [6.07, 6.45) is 1.54. The largest absolute Gasteiger partial charge is 0.440 e. The molecule has 0 bridgehead atoms. The Morgan fingerprint density at radius 1 is 1.10 bits per heavy atom. The van der Waals surface area contributed by atoms with Crippen molar-refractivity contribution in [1.29, 1.82) is 0 Å². The zero-order chi connectivity index (χ0) is 21.6. The number of nitrogens with one attached hydrogen (secondary N) is 1. The monoisotopic (exact) mass is 431 g/mol. The van der Waals surface area contributed by atoms with E-state index in [1.165, 1.54) is 23.5 Å². The van der Waals surface area contributed by atoms with Crippen molar-refractivity contribution >= 4 is 33.9 Å². The Morgan fingerprint density at radius 3 is 2.68 bits per heavy atom. The number of aromatic nitrogens is 5. The first kappa shape index (κ1) is 19.6. The lowest BCUT2D eigenvalue weighted by molar-refractivity contribution is 0.555. The number of para-hydroxylation sites is 1. The van der Waals surface area contributed by atoms with Crippen molar-refractivity contribution in [3.8, 4) is 5.69 Å². The second kappa shape index (κ2) is 7.39. The normalized spacial score (nSPS) is 12.1. The first-order valence-corrected chi connectivity index (χ1v) is 10.9. The van der Waals surface area contributed by atoms with E-state index in [1.807, 2.05) is 36.4 Å². The predicted molar refractivity (Wildman–Crippen MR) is 122 cm³/mol. The van der Waals surface area contributed by atoms with Crippen molar-refractivity contribution in [3.63, 3.8) is 0 Å². The van der Waals surface area contributed by atoms with Crippen LogP contribution in [-0.4, -0.2) is 24.7 Å². The number of aromatic amines is 1. The average molecular weight is 432 g/mol. The molecule has 7 nitrogen and oxygen atoms in total. The van der Waals surface area contributed by atoms with E-state index in [1.54, 1.807) is 4.68 Å². The van der Waals surface area contributed by atoms with Gasteiger partial charge in [-0.15, -0.1) is 0 Å². The summed E-state index contributed by atoms with van der Waals surface area (Å²) >= 11 is 1.37. The van der Waals surface area contributed by atoms with Crippen LogP contribution in [0.5, 0.6) is 0 Å². The Hall–Kier alpha value is -3.39. The Balaban J connectivity index is 1.44. The van der Waals surface area contributed by atoms with E-state index < -0.39 is 0 Å². The summed E-state index contributed by atoms with van der Waals surface area (Å²) < 4.78 is 7.55. The number of thioether (sulfide) groups is 1. The number of hydrogen-bond donors (Lipinski definition) is 1. The van der Waals surface area contributed by atoms with Crippen molar-refractivity contribution in [2.75, 3.05) is 0 Å². The molecular formula is C23H21N5O2S. The SMILES string of the molecule is CC(C)(C)c1ccc2oc(CSc3nc4c(cnn4-c4ccccc4)c(=O)[nH]3)nc2c1. The molecule has 8 heteroatoms. The van der Waals surface area contributed by atoms with Crippen LogP contribution in [0.1, 0.15) is 32.2 Å². The number of oxazole rings is 1. The van der Waals surface area contributed by atoms with Gasteiger partial charge in [0.15, 0.2) is 16.4 Å². The summed E-state index contributed by atoms with van der Waals surface area (Å²) in [5.74, 6) is 1.04. The van der Waals surface area contributed by atoms with Crippen molar-refractivity contribution in [2.45, 2.75) is 37.1 Å². The van der Waals surface area contributed by atoms with Crippen LogP contribution < -0.4 is 5.56 Å². The minimum absolute atomic E-state index is 0.0442. The highest BCUT2D eigenvalue weighted by molar-refractivity contribution is 7.98. The van der Waals surface area contributed by atoms with Gasteiger partial charge in [-0.3, -0.25) is 4.79 Å². The van der Waals surface area contributed by atoms with E-state index >= 15 is 0 Å². The van der Waals surface area contributed by atoms with Crippen LogP contribution in [0.3, 0.4) is 0 Å². The molecule has 0 aliphatic rings. The fraction of sp³-hybridized carbons (Fsp3) is 0.217. The molecule has 2 aromatic carbocycles. The maximum atomic E-state index is 12.5. The highest BCUT2D eigenvalue weighted by Crippen LogP contribution is 2.28. The quantitative estimate of drug-likeness (QED) is 0.323. The van der Waals surface area contributed by atoms with Crippen LogP contribution in [0.2, 0.25) is 0 Å². The molecule has 0 radical (unpaired) electrons. The molecule has 1 N–H and O–H groups in total. The van der Waals surface area contributed by atoms with E-state index in [0.29, 0.717) is 27.8 Å². The van der Waals surface area contributed by atoms with Gasteiger partial charge in [0.1, 0.15) is 10.9 Å². The van der Waals surface area contributed by atoms with Crippen molar-refractivity contribution in [1.82, 2.24) is 24.7 Å². The summed E-state index contributed by atoms with van der Waals surface area (Å²) in [5.41, 5.74) is 3.98. The van der Waals surface area contributed by atoms with Crippen molar-refractivity contribution in [3.05, 3.63) is 76.5 Å². The minimum Gasteiger partial charge on any atom is -0.440 e. The maximum Gasteiger partial charge on any atom is 0.262 e. The lowest BCUT2D eigenvalue weighted by atomic mass is 9.87. The molecule has 0 amide bonds. The topological polar surface area (TPSA) is 89.6 Å². The highest BCUT2D eigenvalue weighted by Gasteiger charge is 2.17. The second-order valence-electron chi connectivity index (χ2n) is 8.33. The fourth-order valence-corrected chi connectivity index (χ4v) is 4.06. The smallest absolute Gasteiger partial charge is 0.262 e. The van der Waals surface area contributed by atoms with E-state index in [9.17, 15) is 4.79 Å². The zero-order valence-electron chi connectivity index (χ0n) is 17.4. The van der Waals surface area contributed by atoms with Crippen LogP contribution in [-0.2, 0) is 11.2 Å². The fourth-order valence-electron chi connectivity index (χ4n) is 3.36. The standard InChI is InChI=1S/C23H21N5O2S/c1-23(2,3)14-9-10-18-17(11-14)25-19(30-18)13-31-22-26-20-16(21(29)27-22)12-24-28(20)15-7-5-4-6-8-15/h4-12H,13H2,1-3H3,(H,26,27,29). The molecule has 0 fully saturated rings. The number of benzene rings is 2. The molecule has 156 valence electrons. The average Bonchev–Trinajstić information content (AvgIpc) is 3.36. The number of rotatable bonds is 4. The summed E-state index contributed by atoms with van der Waals surface area (Å²) in [5, 5.41) is 5.28. The van der Waals surface area contributed by atoms with Crippen LogP contribution in [0.25, 0.3) is 27.8 Å². The number of H-pyrrole nitrogens is 1. The molecule has 0 saturated carbocycles. The summed E-state index contributed by atoms with van der Waals surface area (Å²) in [6, 6.07) is 15.7.